The van der Waals surface area contributed by atoms with Gasteiger partial charge in [-0.2, -0.15) is 5.10 Å². The fourth-order valence-electron chi connectivity index (χ4n) is 2.62. The Balaban J connectivity index is 1.97. The van der Waals surface area contributed by atoms with E-state index in [0.717, 1.165) is 28.6 Å². The Bertz CT molecular complexity index is 808. The smallest absolute Gasteiger partial charge is 0.241 e. The van der Waals surface area contributed by atoms with Crippen molar-refractivity contribution < 1.29 is 4.79 Å². The first-order chi connectivity index (χ1) is 11.2. The van der Waals surface area contributed by atoms with Gasteiger partial charge in [0, 0.05) is 17.0 Å². The molecule has 1 aromatic heterocycles. The zero-order chi connectivity index (χ0) is 16.2. The maximum atomic E-state index is 12.2. The fraction of sp³-hybridized carbons (Fsp3) is 0.263. The normalized spacial score (nSPS) is 12.3. The summed E-state index contributed by atoms with van der Waals surface area (Å²) in [6, 6.07) is 18.3. The van der Waals surface area contributed by atoms with Crippen molar-refractivity contribution in [2.45, 2.75) is 32.9 Å². The predicted octanol–water partition coefficient (Wildman–Crippen LogP) is 3.62. The summed E-state index contributed by atoms with van der Waals surface area (Å²) < 4.78 is 1.79. The lowest BCUT2D eigenvalue weighted by Crippen LogP contribution is -2.34. The molecule has 0 radical (unpaired) electrons. The van der Waals surface area contributed by atoms with Gasteiger partial charge in [0.25, 0.3) is 0 Å². The van der Waals surface area contributed by atoms with Crippen LogP contribution in [-0.4, -0.2) is 21.7 Å². The van der Waals surface area contributed by atoms with Crippen molar-refractivity contribution in [2.75, 3.05) is 0 Å². The summed E-state index contributed by atoms with van der Waals surface area (Å²) in [5.74, 6) is -0.00721. The Morgan fingerprint density at radius 1 is 1.13 bits per heavy atom. The van der Waals surface area contributed by atoms with Gasteiger partial charge in [-0.1, -0.05) is 55.5 Å². The first kappa shape index (κ1) is 15.3. The minimum atomic E-state index is -0.00721. The zero-order valence-corrected chi connectivity index (χ0v) is 13.5. The molecule has 2 aromatic carbocycles. The van der Waals surface area contributed by atoms with Gasteiger partial charge in [-0.25, -0.2) is 0 Å². The number of rotatable bonds is 5. The molecular formula is C19H21N3O. The summed E-state index contributed by atoms with van der Waals surface area (Å²) >= 11 is 0. The molecule has 0 fully saturated rings. The largest absolute Gasteiger partial charge is 0.352 e. The third-order valence-electron chi connectivity index (χ3n) is 4.02. The van der Waals surface area contributed by atoms with Crippen LogP contribution in [0.4, 0.5) is 0 Å². The lowest BCUT2D eigenvalue weighted by molar-refractivity contribution is -0.122. The Labute approximate surface area is 136 Å². The molecule has 0 aliphatic carbocycles. The number of carbonyl (C=O) groups is 1. The Morgan fingerprint density at radius 2 is 1.83 bits per heavy atom. The van der Waals surface area contributed by atoms with E-state index in [1.54, 1.807) is 4.68 Å². The number of hydrogen-bond donors (Lipinski definition) is 1. The SMILES string of the molecule is CC[C@@H](C)NC(=O)Cn1nc(-c2ccccc2)c2ccccc21. The van der Waals surface area contributed by atoms with Crippen molar-refractivity contribution in [2.24, 2.45) is 0 Å². The number of para-hydroxylation sites is 1. The first-order valence-electron chi connectivity index (χ1n) is 7.99. The third-order valence-corrected chi connectivity index (χ3v) is 4.02. The van der Waals surface area contributed by atoms with Gasteiger partial charge in [0.2, 0.25) is 5.91 Å². The van der Waals surface area contributed by atoms with Crippen molar-refractivity contribution in [3.8, 4) is 11.3 Å². The van der Waals surface area contributed by atoms with E-state index < -0.39 is 0 Å². The highest BCUT2D eigenvalue weighted by Gasteiger charge is 2.14. The average Bonchev–Trinajstić information content (AvgIpc) is 2.94. The molecule has 4 heteroatoms. The number of aromatic nitrogens is 2. The second kappa shape index (κ2) is 6.65. The summed E-state index contributed by atoms with van der Waals surface area (Å²) in [6.07, 6.45) is 0.918. The Hall–Kier alpha value is -2.62. The van der Waals surface area contributed by atoms with Gasteiger partial charge in [0.05, 0.1) is 5.52 Å². The van der Waals surface area contributed by atoms with Gasteiger partial charge in [-0.15, -0.1) is 0 Å². The molecule has 0 spiro atoms. The average molecular weight is 307 g/mol. The highest BCUT2D eigenvalue weighted by Crippen LogP contribution is 2.27. The maximum absolute atomic E-state index is 12.2. The van der Waals surface area contributed by atoms with Crippen LogP contribution in [-0.2, 0) is 11.3 Å². The zero-order valence-electron chi connectivity index (χ0n) is 13.5. The number of amides is 1. The molecule has 0 unspecified atom stereocenters. The van der Waals surface area contributed by atoms with E-state index in [2.05, 4.69) is 17.3 Å². The molecule has 0 saturated carbocycles. The standard InChI is InChI=1S/C19H21N3O/c1-3-14(2)20-18(23)13-22-17-12-8-7-11-16(17)19(21-22)15-9-5-4-6-10-15/h4-12,14H,3,13H2,1-2H3,(H,20,23)/t14-/m1/s1. The van der Waals surface area contributed by atoms with Crippen LogP contribution >= 0.6 is 0 Å². The number of fused-ring (bicyclic) bond motifs is 1. The van der Waals surface area contributed by atoms with E-state index in [-0.39, 0.29) is 18.5 Å². The predicted molar refractivity (Wildman–Crippen MR) is 93.1 cm³/mol. The molecule has 0 bridgehead atoms. The number of carbonyl (C=O) groups excluding carboxylic acids is 1. The maximum Gasteiger partial charge on any atom is 0.241 e. The molecule has 4 nitrogen and oxygen atoms in total. The molecule has 1 N–H and O–H groups in total. The molecular weight excluding hydrogens is 286 g/mol. The summed E-state index contributed by atoms with van der Waals surface area (Å²) in [7, 11) is 0. The van der Waals surface area contributed by atoms with Gasteiger partial charge >= 0.3 is 0 Å². The van der Waals surface area contributed by atoms with E-state index in [1.165, 1.54) is 0 Å². The van der Waals surface area contributed by atoms with Gasteiger partial charge in [-0.05, 0) is 19.4 Å². The van der Waals surface area contributed by atoms with Crippen molar-refractivity contribution in [1.29, 1.82) is 0 Å². The van der Waals surface area contributed by atoms with Crippen molar-refractivity contribution in [3.63, 3.8) is 0 Å². The van der Waals surface area contributed by atoms with Crippen molar-refractivity contribution >= 4 is 16.8 Å². The minimum absolute atomic E-state index is 0.00721. The number of hydrogen-bond acceptors (Lipinski definition) is 2. The topological polar surface area (TPSA) is 46.9 Å². The van der Waals surface area contributed by atoms with E-state index in [4.69, 9.17) is 0 Å². The van der Waals surface area contributed by atoms with Crippen LogP contribution in [0.15, 0.2) is 54.6 Å². The molecule has 23 heavy (non-hydrogen) atoms. The van der Waals surface area contributed by atoms with Crippen LogP contribution in [0.5, 0.6) is 0 Å². The van der Waals surface area contributed by atoms with E-state index in [0.29, 0.717) is 0 Å². The van der Waals surface area contributed by atoms with Gasteiger partial charge in [-0.3, -0.25) is 9.48 Å². The number of nitrogens with zero attached hydrogens (tertiary/aromatic N) is 2. The molecule has 1 amide bonds. The summed E-state index contributed by atoms with van der Waals surface area (Å²) in [4.78, 5) is 12.2. The first-order valence-corrected chi connectivity index (χ1v) is 7.99. The molecule has 0 saturated heterocycles. The lowest BCUT2D eigenvalue weighted by Gasteiger charge is -2.11. The minimum Gasteiger partial charge on any atom is -0.352 e. The lowest BCUT2D eigenvalue weighted by atomic mass is 10.1. The van der Waals surface area contributed by atoms with E-state index in [9.17, 15) is 4.79 Å². The van der Waals surface area contributed by atoms with E-state index in [1.807, 2.05) is 61.5 Å². The molecule has 1 heterocycles. The van der Waals surface area contributed by atoms with Gasteiger partial charge < -0.3 is 5.32 Å². The quantitative estimate of drug-likeness (QED) is 0.782. The van der Waals surface area contributed by atoms with Crippen LogP contribution in [0.1, 0.15) is 20.3 Å². The summed E-state index contributed by atoms with van der Waals surface area (Å²) in [5, 5.41) is 8.75. The Morgan fingerprint density at radius 3 is 2.57 bits per heavy atom. The van der Waals surface area contributed by atoms with Gasteiger partial charge in [0.1, 0.15) is 12.2 Å². The van der Waals surface area contributed by atoms with Crippen LogP contribution in [0, 0.1) is 0 Å². The summed E-state index contributed by atoms with van der Waals surface area (Å²) in [6.45, 7) is 4.30. The van der Waals surface area contributed by atoms with Crippen LogP contribution in [0.25, 0.3) is 22.2 Å². The molecule has 3 rings (SSSR count). The summed E-state index contributed by atoms with van der Waals surface area (Å²) in [5.41, 5.74) is 2.95. The second-order valence-corrected chi connectivity index (χ2v) is 5.77. The monoisotopic (exact) mass is 307 g/mol. The Kier molecular flexibility index (Phi) is 4.42. The van der Waals surface area contributed by atoms with Crippen molar-refractivity contribution in [1.82, 2.24) is 15.1 Å². The molecule has 0 aliphatic rings. The fourth-order valence-corrected chi connectivity index (χ4v) is 2.62. The molecule has 118 valence electrons. The third kappa shape index (κ3) is 3.26. The van der Waals surface area contributed by atoms with Crippen LogP contribution in [0.3, 0.4) is 0 Å². The second-order valence-electron chi connectivity index (χ2n) is 5.77. The number of benzene rings is 2. The highest BCUT2D eigenvalue weighted by atomic mass is 16.2. The van der Waals surface area contributed by atoms with Gasteiger partial charge in [0.15, 0.2) is 0 Å². The molecule has 1 atom stereocenters. The number of nitrogens with one attached hydrogen (secondary N) is 1. The van der Waals surface area contributed by atoms with Crippen LogP contribution in [0.2, 0.25) is 0 Å². The van der Waals surface area contributed by atoms with E-state index >= 15 is 0 Å². The molecule has 0 aliphatic heterocycles. The highest BCUT2D eigenvalue weighted by molar-refractivity contribution is 5.94. The van der Waals surface area contributed by atoms with Crippen LogP contribution < -0.4 is 5.32 Å². The molecule has 3 aromatic rings. The van der Waals surface area contributed by atoms with Crippen molar-refractivity contribution in [3.05, 3.63) is 54.6 Å².